The Kier molecular flexibility index (Phi) is 5.14. The summed E-state index contributed by atoms with van der Waals surface area (Å²) in [6.45, 7) is 9.75. The van der Waals surface area contributed by atoms with Crippen LogP contribution in [0.15, 0.2) is 6.07 Å². The number of hydrogen-bond acceptors (Lipinski definition) is 6. The molecular formula is C14H26N6. The zero-order chi connectivity index (χ0) is 14.5. The fourth-order valence-corrected chi connectivity index (χ4v) is 2.54. The Labute approximate surface area is 121 Å². The van der Waals surface area contributed by atoms with E-state index in [0.717, 1.165) is 24.7 Å². The molecule has 1 aliphatic rings. The van der Waals surface area contributed by atoms with Crippen LogP contribution >= 0.6 is 0 Å². The molecule has 20 heavy (non-hydrogen) atoms. The van der Waals surface area contributed by atoms with Crippen molar-refractivity contribution in [1.29, 1.82) is 0 Å². The number of anilines is 2. The summed E-state index contributed by atoms with van der Waals surface area (Å²) in [5, 5.41) is 3.53. The van der Waals surface area contributed by atoms with Gasteiger partial charge in [0, 0.05) is 24.6 Å². The summed E-state index contributed by atoms with van der Waals surface area (Å²) in [4.78, 5) is 11.4. The van der Waals surface area contributed by atoms with Crippen molar-refractivity contribution in [2.75, 3.05) is 30.4 Å². The van der Waals surface area contributed by atoms with Crippen LogP contribution < -0.4 is 16.6 Å². The predicted molar refractivity (Wildman–Crippen MR) is 82.7 cm³/mol. The minimum atomic E-state index is 0.280. The number of likely N-dealkylation sites (tertiary alicyclic amines) is 1. The fraction of sp³-hybridized carbons (Fsp3) is 0.714. The van der Waals surface area contributed by atoms with Crippen LogP contribution in [-0.2, 0) is 0 Å². The second-order valence-corrected chi connectivity index (χ2v) is 5.67. The summed E-state index contributed by atoms with van der Waals surface area (Å²) in [5.41, 5.74) is 2.62. The van der Waals surface area contributed by atoms with Crippen molar-refractivity contribution in [2.24, 2.45) is 5.84 Å². The summed E-state index contributed by atoms with van der Waals surface area (Å²) < 4.78 is 0. The quantitative estimate of drug-likeness (QED) is 0.563. The van der Waals surface area contributed by atoms with Crippen molar-refractivity contribution in [2.45, 2.75) is 45.6 Å². The molecule has 4 N–H and O–H groups in total. The second kappa shape index (κ2) is 6.85. The lowest BCUT2D eigenvalue weighted by atomic mass is 10.1. The Morgan fingerprint density at radius 1 is 1.40 bits per heavy atom. The maximum absolute atomic E-state index is 5.49. The van der Waals surface area contributed by atoms with E-state index in [9.17, 15) is 0 Å². The largest absolute Gasteiger partial charge is 0.366 e. The van der Waals surface area contributed by atoms with Crippen molar-refractivity contribution in [3.63, 3.8) is 0 Å². The summed E-state index contributed by atoms with van der Waals surface area (Å²) in [6.07, 6.45) is 2.42. The number of piperidine rings is 1. The van der Waals surface area contributed by atoms with Crippen LogP contribution in [0.5, 0.6) is 0 Å². The van der Waals surface area contributed by atoms with Crippen LogP contribution in [-0.4, -0.2) is 40.5 Å². The Morgan fingerprint density at radius 3 is 2.80 bits per heavy atom. The highest BCUT2D eigenvalue weighted by molar-refractivity contribution is 5.47. The van der Waals surface area contributed by atoms with Crippen LogP contribution in [0.1, 0.15) is 45.4 Å². The molecule has 0 saturated carbocycles. The maximum atomic E-state index is 5.49. The molecule has 1 aliphatic heterocycles. The summed E-state index contributed by atoms with van der Waals surface area (Å²) in [6, 6.07) is 2.32. The average Bonchev–Trinajstić information content (AvgIpc) is 2.47. The van der Waals surface area contributed by atoms with E-state index in [1.165, 1.54) is 19.4 Å². The van der Waals surface area contributed by atoms with Crippen molar-refractivity contribution in [1.82, 2.24) is 14.9 Å². The molecule has 0 spiro atoms. The standard InChI is InChI=1S/C14H26N6/c1-4-20-7-5-6-11(9-20)16-12-8-13(19-15)18-14(17-12)10(2)3/h8,10-11H,4-7,9,15H2,1-3H3,(H2,16,17,18,19). The number of nitrogen functional groups attached to an aromatic ring is 1. The third kappa shape index (κ3) is 3.80. The number of hydrazine groups is 1. The van der Waals surface area contributed by atoms with Crippen LogP contribution in [0.3, 0.4) is 0 Å². The van der Waals surface area contributed by atoms with Gasteiger partial charge in [-0.15, -0.1) is 0 Å². The molecule has 0 radical (unpaired) electrons. The third-order valence-electron chi connectivity index (χ3n) is 3.71. The highest BCUT2D eigenvalue weighted by atomic mass is 15.3. The first-order valence-electron chi connectivity index (χ1n) is 7.46. The molecule has 0 amide bonds. The molecule has 6 nitrogen and oxygen atoms in total. The minimum absolute atomic E-state index is 0.280. The second-order valence-electron chi connectivity index (χ2n) is 5.67. The monoisotopic (exact) mass is 278 g/mol. The molecule has 0 aromatic carbocycles. The zero-order valence-corrected chi connectivity index (χ0v) is 12.7. The Balaban J connectivity index is 2.09. The van der Waals surface area contributed by atoms with Crippen molar-refractivity contribution >= 4 is 11.6 Å². The van der Waals surface area contributed by atoms with Gasteiger partial charge in [-0.05, 0) is 25.9 Å². The average molecular weight is 278 g/mol. The molecule has 2 rings (SSSR count). The number of nitrogens with zero attached hydrogens (tertiary/aromatic N) is 3. The number of aromatic nitrogens is 2. The van der Waals surface area contributed by atoms with Gasteiger partial charge in [-0.3, -0.25) is 0 Å². The van der Waals surface area contributed by atoms with Crippen molar-refractivity contribution in [3.05, 3.63) is 11.9 Å². The topological polar surface area (TPSA) is 79.1 Å². The van der Waals surface area contributed by atoms with Gasteiger partial charge in [0.1, 0.15) is 17.5 Å². The Bertz CT molecular complexity index is 434. The lowest BCUT2D eigenvalue weighted by Crippen LogP contribution is -2.42. The molecule has 6 heteroatoms. The molecule has 0 aliphatic carbocycles. The van der Waals surface area contributed by atoms with Gasteiger partial charge in [0.15, 0.2) is 0 Å². The molecule has 2 heterocycles. The van der Waals surface area contributed by atoms with Crippen LogP contribution in [0.2, 0.25) is 0 Å². The SMILES string of the molecule is CCN1CCCC(Nc2cc(NN)nc(C(C)C)n2)C1. The van der Waals surface area contributed by atoms with Gasteiger partial charge < -0.3 is 15.6 Å². The smallest absolute Gasteiger partial charge is 0.145 e. The van der Waals surface area contributed by atoms with E-state index in [1.54, 1.807) is 0 Å². The molecule has 0 bridgehead atoms. The molecule has 1 unspecified atom stereocenters. The number of rotatable bonds is 5. The van der Waals surface area contributed by atoms with E-state index in [-0.39, 0.29) is 5.92 Å². The van der Waals surface area contributed by atoms with E-state index in [1.807, 2.05) is 6.07 Å². The molecule has 1 aromatic heterocycles. The van der Waals surface area contributed by atoms with E-state index < -0.39 is 0 Å². The molecular weight excluding hydrogens is 252 g/mol. The first kappa shape index (κ1) is 15.0. The van der Waals surface area contributed by atoms with Gasteiger partial charge in [0.25, 0.3) is 0 Å². The lowest BCUT2D eigenvalue weighted by molar-refractivity contribution is 0.226. The fourth-order valence-electron chi connectivity index (χ4n) is 2.54. The van der Waals surface area contributed by atoms with Crippen molar-refractivity contribution < 1.29 is 0 Å². The first-order valence-corrected chi connectivity index (χ1v) is 7.46. The number of likely N-dealkylation sites (N-methyl/N-ethyl adjacent to an activating group) is 1. The third-order valence-corrected chi connectivity index (χ3v) is 3.71. The minimum Gasteiger partial charge on any atom is -0.366 e. The summed E-state index contributed by atoms with van der Waals surface area (Å²) in [7, 11) is 0. The van der Waals surface area contributed by atoms with E-state index in [0.29, 0.717) is 11.9 Å². The summed E-state index contributed by atoms with van der Waals surface area (Å²) >= 11 is 0. The van der Waals surface area contributed by atoms with Gasteiger partial charge in [0.05, 0.1) is 0 Å². The van der Waals surface area contributed by atoms with E-state index in [2.05, 4.69) is 46.4 Å². The lowest BCUT2D eigenvalue weighted by Gasteiger charge is -2.32. The van der Waals surface area contributed by atoms with Crippen LogP contribution in [0, 0.1) is 0 Å². The van der Waals surface area contributed by atoms with Gasteiger partial charge >= 0.3 is 0 Å². The number of hydrogen-bond donors (Lipinski definition) is 3. The van der Waals surface area contributed by atoms with E-state index in [4.69, 9.17) is 5.84 Å². The molecule has 1 aromatic rings. The molecule has 1 atom stereocenters. The Hall–Kier alpha value is -1.40. The molecule has 112 valence electrons. The van der Waals surface area contributed by atoms with Crippen molar-refractivity contribution in [3.8, 4) is 0 Å². The van der Waals surface area contributed by atoms with Gasteiger partial charge in [-0.25, -0.2) is 15.8 Å². The van der Waals surface area contributed by atoms with Crippen LogP contribution in [0.25, 0.3) is 0 Å². The predicted octanol–water partition coefficient (Wildman–Crippen LogP) is 1.78. The van der Waals surface area contributed by atoms with Gasteiger partial charge in [-0.2, -0.15) is 0 Å². The first-order chi connectivity index (χ1) is 9.62. The molecule has 1 saturated heterocycles. The number of nitrogens with two attached hydrogens (primary N) is 1. The molecule has 1 fully saturated rings. The highest BCUT2D eigenvalue weighted by Crippen LogP contribution is 2.19. The normalized spacial score (nSPS) is 20.1. The van der Waals surface area contributed by atoms with Crippen LogP contribution in [0.4, 0.5) is 11.6 Å². The highest BCUT2D eigenvalue weighted by Gasteiger charge is 2.19. The van der Waals surface area contributed by atoms with Gasteiger partial charge in [-0.1, -0.05) is 20.8 Å². The Morgan fingerprint density at radius 2 is 2.15 bits per heavy atom. The number of nitrogens with one attached hydrogen (secondary N) is 2. The van der Waals surface area contributed by atoms with Gasteiger partial charge in [0.2, 0.25) is 0 Å². The maximum Gasteiger partial charge on any atom is 0.145 e. The van der Waals surface area contributed by atoms with E-state index >= 15 is 0 Å². The summed E-state index contributed by atoms with van der Waals surface area (Å²) in [5.74, 6) is 8.10. The zero-order valence-electron chi connectivity index (χ0n) is 12.7.